The second-order valence-electron chi connectivity index (χ2n) is 4.27. The highest BCUT2D eigenvalue weighted by molar-refractivity contribution is 8.02. The fraction of sp³-hybridized carbons (Fsp3) is 0.143. The van der Waals surface area contributed by atoms with Crippen LogP contribution in [0.3, 0.4) is 0 Å². The minimum absolute atomic E-state index is 0.579. The lowest BCUT2D eigenvalue weighted by molar-refractivity contribution is 0.187. The van der Waals surface area contributed by atoms with Gasteiger partial charge in [0, 0.05) is 36.8 Å². The minimum atomic E-state index is 0.579. The van der Waals surface area contributed by atoms with Crippen molar-refractivity contribution < 1.29 is 4.74 Å². The molecule has 0 saturated heterocycles. The first-order valence-corrected chi connectivity index (χ1v) is 7.82. The molecule has 0 aliphatic rings. The van der Waals surface area contributed by atoms with E-state index in [2.05, 4.69) is 20.8 Å². The van der Waals surface area contributed by atoms with Crippen molar-refractivity contribution in [2.75, 3.05) is 11.8 Å². The smallest absolute Gasteiger partial charge is 0.170 e. The van der Waals surface area contributed by atoms with Gasteiger partial charge < -0.3 is 14.4 Å². The first-order chi connectivity index (χ1) is 10.3. The van der Waals surface area contributed by atoms with Gasteiger partial charge in [0.25, 0.3) is 0 Å². The van der Waals surface area contributed by atoms with Gasteiger partial charge in [0.15, 0.2) is 4.34 Å². The number of methoxy groups -OCH3 is 1. The molecule has 3 rings (SSSR count). The molecule has 2 aromatic heterocycles. The van der Waals surface area contributed by atoms with E-state index in [0.717, 1.165) is 25.8 Å². The quantitative estimate of drug-likeness (QED) is 0.701. The van der Waals surface area contributed by atoms with Gasteiger partial charge in [0.05, 0.1) is 28.3 Å². The molecule has 0 radical (unpaired) electrons. The number of thiazole rings is 1. The van der Waals surface area contributed by atoms with Gasteiger partial charge in [-0.25, -0.2) is 4.98 Å². The van der Waals surface area contributed by atoms with Crippen LogP contribution in [0.5, 0.6) is 0 Å². The molecule has 106 valence electrons. The number of H-pyrrole nitrogens is 1. The van der Waals surface area contributed by atoms with E-state index in [1.807, 2.05) is 24.4 Å². The number of rotatable bonds is 5. The summed E-state index contributed by atoms with van der Waals surface area (Å²) in [6, 6.07) is 8.01. The van der Waals surface area contributed by atoms with Crippen molar-refractivity contribution in [2.24, 2.45) is 0 Å². The van der Waals surface area contributed by atoms with Crippen LogP contribution >= 0.6 is 23.3 Å². The summed E-state index contributed by atoms with van der Waals surface area (Å²) in [6.45, 7) is 0.579. The van der Waals surface area contributed by atoms with Crippen LogP contribution in [0.4, 0.5) is 5.69 Å². The minimum Gasteiger partial charge on any atom is -0.379 e. The molecular formula is C14H12N4OS2. The van der Waals surface area contributed by atoms with Crippen molar-refractivity contribution in [1.82, 2.24) is 9.97 Å². The SMILES string of the molecule is COCc1cnc(SNc2cccc3c(C#N)c[nH]c23)s1. The zero-order chi connectivity index (χ0) is 14.7. The second-order valence-corrected chi connectivity index (χ2v) is 6.44. The highest BCUT2D eigenvalue weighted by Crippen LogP contribution is 2.30. The number of anilines is 1. The normalized spacial score (nSPS) is 10.7. The molecule has 0 spiro atoms. The number of nitrogens with zero attached hydrogens (tertiary/aromatic N) is 2. The number of para-hydroxylation sites is 1. The fourth-order valence-corrected chi connectivity index (χ4v) is 3.67. The molecule has 7 heteroatoms. The van der Waals surface area contributed by atoms with Gasteiger partial charge in [-0.15, -0.1) is 11.3 Å². The van der Waals surface area contributed by atoms with Gasteiger partial charge in [-0.2, -0.15) is 5.26 Å². The average Bonchev–Trinajstić information content (AvgIpc) is 3.12. The van der Waals surface area contributed by atoms with Crippen molar-refractivity contribution >= 4 is 39.9 Å². The zero-order valence-electron chi connectivity index (χ0n) is 11.2. The monoisotopic (exact) mass is 316 g/mol. The lowest BCUT2D eigenvalue weighted by Crippen LogP contribution is -1.87. The van der Waals surface area contributed by atoms with E-state index in [0.29, 0.717) is 12.2 Å². The zero-order valence-corrected chi connectivity index (χ0v) is 12.8. The summed E-state index contributed by atoms with van der Waals surface area (Å²) in [5.41, 5.74) is 2.51. The largest absolute Gasteiger partial charge is 0.379 e. The molecule has 0 bridgehead atoms. The number of hydrogen-bond donors (Lipinski definition) is 2. The summed E-state index contributed by atoms with van der Waals surface area (Å²) >= 11 is 3.04. The van der Waals surface area contributed by atoms with E-state index < -0.39 is 0 Å². The lowest BCUT2D eigenvalue weighted by atomic mass is 10.2. The molecule has 0 aliphatic carbocycles. The maximum atomic E-state index is 9.06. The van der Waals surface area contributed by atoms with Gasteiger partial charge in [0.1, 0.15) is 6.07 Å². The highest BCUT2D eigenvalue weighted by Gasteiger charge is 2.08. The summed E-state index contributed by atoms with van der Waals surface area (Å²) in [7, 11) is 1.67. The predicted molar refractivity (Wildman–Crippen MR) is 85.3 cm³/mol. The number of hydrogen-bond acceptors (Lipinski definition) is 6. The topological polar surface area (TPSA) is 73.7 Å². The molecule has 0 saturated carbocycles. The van der Waals surface area contributed by atoms with Crippen molar-refractivity contribution in [3.05, 3.63) is 41.0 Å². The Labute approximate surface area is 130 Å². The van der Waals surface area contributed by atoms with E-state index >= 15 is 0 Å². The Bertz CT molecular complexity index is 803. The maximum absolute atomic E-state index is 9.06. The average molecular weight is 316 g/mol. The van der Waals surface area contributed by atoms with Gasteiger partial charge in [0.2, 0.25) is 0 Å². The Morgan fingerprint density at radius 1 is 1.52 bits per heavy atom. The third-order valence-electron chi connectivity index (χ3n) is 2.90. The van der Waals surface area contributed by atoms with Crippen molar-refractivity contribution in [3.63, 3.8) is 0 Å². The first kappa shape index (κ1) is 13.9. The van der Waals surface area contributed by atoms with Crippen LogP contribution in [0.15, 0.2) is 34.9 Å². The van der Waals surface area contributed by atoms with Crippen LogP contribution < -0.4 is 4.72 Å². The Morgan fingerprint density at radius 2 is 2.43 bits per heavy atom. The van der Waals surface area contributed by atoms with E-state index in [1.165, 1.54) is 11.9 Å². The van der Waals surface area contributed by atoms with E-state index in [9.17, 15) is 0 Å². The van der Waals surface area contributed by atoms with Crippen LogP contribution in [-0.2, 0) is 11.3 Å². The number of aromatic nitrogens is 2. The summed E-state index contributed by atoms with van der Waals surface area (Å²) in [6.07, 6.45) is 3.54. The second kappa shape index (κ2) is 6.18. The Kier molecular flexibility index (Phi) is 4.10. The molecule has 0 aliphatic heterocycles. The predicted octanol–water partition coefficient (Wildman–Crippen LogP) is 3.76. The van der Waals surface area contributed by atoms with Crippen molar-refractivity contribution in [3.8, 4) is 6.07 Å². The molecule has 3 aromatic rings. The van der Waals surface area contributed by atoms with Crippen LogP contribution in [0.1, 0.15) is 10.4 Å². The van der Waals surface area contributed by atoms with E-state index in [-0.39, 0.29) is 0 Å². The van der Waals surface area contributed by atoms with Gasteiger partial charge in [-0.1, -0.05) is 12.1 Å². The Hall–Kier alpha value is -2.01. The molecule has 21 heavy (non-hydrogen) atoms. The summed E-state index contributed by atoms with van der Waals surface area (Å²) in [5.74, 6) is 0. The lowest BCUT2D eigenvalue weighted by Gasteiger charge is -2.04. The maximum Gasteiger partial charge on any atom is 0.170 e. The molecule has 0 fully saturated rings. The van der Waals surface area contributed by atoms with Crippen LogP contribution in [-0.4, -0.2) is 17.1 Å². The number of nitriles is 1. The van der Waals surface area contributed by atoms with Crippen LogP contribution in [0.2, 0.25) is 0 Å². The standard InChI is InChI=1S/C14H12N4OS2/c1-19-8-10-7-17-14(20-10)21-18-12-4-2-3-11-9(5-15)6-16-13(11)12/h2-4,6-7,16,18H,8H2,1H3. The third kappa shape index (κ3) is 2.88. The Balaban J connectivity index is 1.78. The molecule has 0 amide bonds. The van der Waals surface area contributed by atoms with Crippen molar-refractivity contribution in [1.29, 1.82) is 5.26 Å². The molecule has 0 atom stereocenters. The molecule has 2 heterocycles. The summed E-state index contributed by atoms with van der Waals surface area (Å²) < 4.78 is 9.28. The van der Waals surface area contributed by atoms with Crippen LogP contribution in [0, 0.1) is 11.3 Å². The fourth-order valence-electron chi connectivity index (χ4n) is 1.98. The first-order valence-electron chi connectivity index (χ1n) is 6.18. The molecule has 5 nitrogen and oxygen atoms in total. The number of nitrogens with one attached hydrogen (secondary N) is 2. The van der Waals surface area contributed by atoms with Gasteiger partial charge in [-0.3, -0.25) is 0 Å². The van der Waals surface area contributed by atoms with Gasteiger partial charge in [-0.05, 0) is 6.07 Å². The number of fused-ring (bicyclic) bond motifs is 1. The number of benzene rings is 1. The number of ether oxygens (including phenoxy) is 1. The highest BCUT2D eigenvalue weighted by atomic mass is 32.2. The van der Waals surface area contributed by atoms with E-state index in [1.54, 1.807) is 24.6 Å². The third-order valence-corrected chi connectivity index (χ3v) is 4.77. The Morgan fingerprint density at radius 3 is 3.24 bits per heavy atom. The molecular weight excluding hydrogens is 304 g/mol. The number of aromatic amines is 1. The van der Waals surface area contributed by atoms with Crippen LogP contribution in [0.25, 0.3) is 10.9 Å². The van der Waals surface area contributed by atoms with Gasteiger partial charge >= 0.3 is 0 Å². The van der Waals surface area contributed by atoms with Crippen molar-refractivity contribution in [2.45, 2.75) is 10.9 Å². The molecule has 0 unspecified atom stereocenters. The van der Waals surface area contributed by atoms with E-state index in [4.69, 9.17) is 10.00 Å². The molecule has 2 N–H and O–H groups in total. The summed E-state index contributed by atoms with van der Waals surface area (Å²) in [4.78, 5) is 8.55. The molecule has 1 aromatic carbocycles. The summed E-state index contributed by atoms with van der Waals surface area (Å²) in [5, 5.41) is 9.98.